The maximum Gasteiger partial charge on any atom is 0.221 e. The maximum atomic E-state index is 11.2. The highest BCUT2D eigenvalue weighted by Crippen LogP contribution is 2.35. The van der Waals surface area contributed by atoms with Gasteiger partial charge in [0.15, 0.2) is 0 Å². The van der Waals surface area contributed by atoms with Crippen molar-refractivity contribution >= 4 is 33.1 Å². The minimum absolute atomic E-state index is 0.149. The number of thiophene rings is 1. The number of nitrogens with one attached hydrogen (secondary N) is 1. The molecule has 0 saturated heterocycles. The lowest BCUT2D eigenvalue weighted by molar-refractivity contribution is -0.114. The normalized spacial score (nSPS) is 10.5. The minimum Gasteiger partial charge on any atom is -0.497 e. The molecule has 2 heterocycles. The Labute approximate surface area is 131 Å². The van der Waals surface area contributed by atoms with Crippen molar-refractivity contribution < 1.29 is 14.3 Å². The number of anilines is 1. The largest absolute Gasteiger partial charge is 0.497 e. The second-order valence-corrected chi connectivity index (χ2v) is 5.54. The average molecular weight is 314 g/mol. The van der Waals surface area contributed by atoms with Crippen molar-refractivity contribution in [1.82, 2.24) is 4.98 Å². The Hall–Kier alpha value is -2.60. The molecule has 1 amide bonds. The summed E-state index contributed by atoms with van der Waals surface area (Å²) >= 11 is 1.57. The number of carbonyl (C=O) groups is 1. The molecule has 2 aromatic heterocycles. The molecule has 112 valence electrons. The number of amides is 1. The fourth-order valence-electron chi connectivity index (χ4n) is 2.08. The van der Waals surface area contributed by atoms with Gasteiger partial charge in [-0.1, -0.05) is 0 Å². The van der Waals surface area contributed by atoms with Gasteiger partial charge in [0.1, 0.15) is 17.2 Å². The zero-order valence-electron chi connectivity index (χ0n) is 12.1. The Morgan fingerprint density at radius 3 is 2.82 bits per heavy atom. The van der Waals surface area contributed by atoms with E-state index in [1.165, 1.54) is 6.92 Å². The van der Waals surface area contributed by atoms with Crippen molar-refractivity contribution in [2.45, 2.75) is 6.92 Å². The van der Waals surface area contributed by atoms with E-state index in [0.717, 1.165) is 16.0 Å². The van der Waals surface area contributed by atoms with Crippen LogP contribution in [0.1, 0.15) is 6.92 Å². The summed E-state index contributed by atoms with van der Waals surface area (Å²) in [6.07, 6.45) is 1.71. The van der Waals surface area contributed by atoms with Crippen LogP contribution in [0.2, 0.25) is 0 Å². The first kappa shape index (κ1) is 14.3. The standard InChI is InChI=1S/C16H14N2O3S/c1-10(19)18-11-7-12(20-2)9-13(8-11)21-15-3-5-17-14-4-6-22-16(14)15/h3-9H,1-2H3,(H,18,19). The SMILES string of the molecule is COc1cc(NC(C)=O)cc(Oc2ccnc3ccsc23)c1. The Bertz CT molecular complexity index is 829. The number of methoxy groups -OCH3 is 1. The smallest absolute Gasteiger partial charge is 0.221 e. The van der Waals surface area contributed by atoms with Gasteiger partial charge in [0.25, 0.3) is 0 Å². The molecule has 3 aromatic rings. The fraction of sp³-hybridized carbons (Fsp3) is 0.125. The van der Waals surface area contributed by atoms with E-state index in [1.807, 2.05) is 17.5 Å². The van der Waals surface area contributed by atoms with Crippen molar-refractivity contribution in [1.29, 1.82) is 0 Å². The predicted octanol–water partition coefficient (Wildman–Crippen LogP) is 4.06. The number of carbonyl (C=O) groups excluding carboxylic acids is 1. The van der Waals surface area contributed by atoms with E-state index in [2.05, 4.69) is 10.3 Å². The van der Waals surface area contributed by atoms with Crippen molar-refractivity contribution in [3.8, 4) is 17.2 Å². The zero-order chi connectivity index (χ0) is 15.5. The number of hydrogen-bond donors (Lipinski definition) is 1. The first-order chi connectivity index (χ1) is 10.7. The lowest BCUT2D eigenvalue weighted by atomic mass is 10.2. The van der Waals surface area contributed by atoms with Gasteiger partial charge in [-0.05, 0) is 11.4 Å². The molecule has 1 aromatic carbocycles. The van der Waals surface area contributed by atoms with E-state index in [1.54, 1.807) is 42.8 Å². The summed E-state index contributed by atoms with van der Waals surface area (Å²) in [5.74, 6) is 1.77. The molecule has 3 rings (SSSR count). The third-order valence-electron chi connectivity index (χ3n) is 2.97. The third kappa shape index (κ3) is 3.01. The predicted molar refractivity (Wildman–Crippen MR) is 87.0 cm³/mol. The van der Waals surface area contributed by atoms with Gasteiger partial charge in [0.05, 0.1) is 17.3 Å². The first-order valence-corrected chi connectivity index (χ1v) is 7.50. The molecule has 0 aliphatic carbocycles. The van der Waals surface area contributed by atoms with Crippen LogP contribution < -0.4 is 14.8 Å². The number of hydrogen-bond acceptors (Lipinski definition) is 5. The fourth-order valence-corrected chi connectivity index (χ4v) is 2.88. The lowest BCUT2D eigenvalue weighted by Crippen LogP contribution is -2.05. The van der Waals surface area contributed by atoms with Gasteiger partial charge in [-0.3, -0.25) is 9.78 Å². The second-order valence-electron chi connectivity index (χ2n) is 4.62. The van der Waals surface area contributed by atoms with E-state index < -0.39 is 0 Å². The molecule has 5 nitrogen and oxygen atoms in total. The van der Waals surface area contributed by atoms with Crippen LogP contribution in [-0.4, -0.2) is 18.0 Å². The van der Waals surface area contributed by atoms with Crippen LogP contribution in [0.25, 0.3) is 10.2 Å². The van der Waals surface area contributed by atoms with Gasteiger partial charge in [0, 0.05) is 43.1 Å². The van der Waals surface area contributed by atoms with Crippen LogP contribution in [-0.2, 0) is 4.79 Å². The monoisotopic (exact) mass is 314 g/mol. The Morgan fingerprint density at radius 1 is 1.23 bits per heavy atom. The summed E-state index contributed by atoms with van der Waals surface area (Å²) < 4.78 is 12.2. The molecular formula is C16H14N2O3S. The number of benzene rings is 1. The van der Waals surface area contributed by atoms with Crippen LogP contribution in [0.3, 0.4) is 0 Å². The Morgan fingerprint density at radius 2 is 2.05 bits per heavy atom. The molecule has 0 spiro atoms. The molecule has 6 heteroatoms. The summed E-state index contributed by atoms with van der Waals surface area (Å²) in [4.78, 5) is 15.5. The number of nitrogens with zero attached hydrogens (tertiary/aromatic N) is 1. The first-order valence-electron chi connectivity index (χ1n) is 6.62. The number of rotatable bonds is 4. The number of aromatic nitrogens is 1. The van der Waals surface area contributed by atoms with Gasteiger partial charge in [-0.2, -0.15) is 0 Å². The van der Waals surface area contributed by atoms with Crippen LogP contribution in [0.5, 0.6) is 17.2 Å². The highest BCUT2D eigenvalue weighted by atomic mass is 32.1. The number of ether oxygens (including phenoxy) is 2. The molecular weight excluding hydrogens is 300 g/mol. The van der Waals surface area contributed by atoms with E-state index in [0.29, 0.717) is 17.2 Å². The minimum atomic E-state index is -0.149. The zero-order valence-corrected chi connectivity index (χ0v) is 12.9. The molecule has 0 aliphatic heterocycles. The molecule has 0 radical (unpaired) electrons. The molecule has 1 N–H and O–H groups in total. The number of pyridine rings is 1. The molecule has 0 saturated carbocycles. The quantitative estimate of drug-likeness (QED) is 0.789. The highest BCUT2D eigenvalue weighted by molar-refractivity contribution is 7.17. The molecule has 0 aliphatic rings. The van der Waals surface area contributed by atoms with Gasteiger partial charge in [-0.25, -0.2) is 0 Å². The molecule has 0 fully saturated rings. The second kappa shape index (κ2) is 6.03. The van der Waals surface area contributed by atoms with Crippen LogP contribution in [0, 0.1) is 0 Å². The Kier molecular flexibility index (Phi) is 3.93. The summed E-state index contributed by atoms with van der Waals surface area (Å²) in [6, 6.07) is 9.02. The van der Waals surface area contributed by atoms with E-state index >= 15 is 0 Å². The van der Waals surface area contributed by atoms with E-state index in [-0.39, 0.29) is 5.91 Å². The average Bonchev–Trinajstić information content (AvgIpc) is 2.96. The van der Waals surface area contributed by atoms with Crippen molar-refractivity contribution in [2.75, 3.05) is 12.4 Å². The third-order valence-corrected chi connectivity index (χ3v) is 3.89. The molecule has 0 bridgehead atoms. The van der Waals surface area contributed by atoms with Crippen LogP contribution in [0.4, 0.5) is 5.69 Å². The molecule has 22 heavy (non-hydrogen) atoms. The summed E-state index contributed by atoms with van der Waals surface area (Å²) in [5.41, 5.74) is 1.52. The summed E-state index contributed by atoms with van der Waals surface area (Å²) in [7, 11) is 1.57. The van der Waals surface area contributed by atoms with Crippen LogP contribution >= 0.6 is 11.3 Å². The van der Waals surface area contributed by atoms with Gasteiger partial charge < -0.3 is 14.8 Å². The number of fused-ring (bicyclic) bond motifs is 1. The van der Waals surface area contributed by atoms with Crippen LogP contribution in [0.15, 0.2) is 41.9 Å². The van der Waals surface area contributed by atoms with Gasteiger partial charge in [0.2, 0.25) is 5.91 Å². The maximum absolute atomic E-state index is 11.2. The summed E-state index contributed by atoms with van der Waals surface area (Å²) in [5, 5.41) is 4.70. The summed E-state index contributed by atoms with van der Waals surface area (Å²) in [6.45, 7) is 1.46. The Balaban J connectivity index is 1.97. The van der Waals surface area contributed by atoms with Crippen molar-refractivity contribution in [2.24, 2.45) is 0 Å². The van der Waals surface area contributed by atoms with Gasteiger partial charge in [-0.15, -0.1) is 11.3 Å². The molecule has 0 unspecified atom stereocenters. The topological polar surface area (TPSA) is 60.5 Å². The van der Waals surface area contributed by atoms with E-state index in [4.69, 9.17) is 9.47 Å². The van der Waals surface area contributed by atoms with Crippen molar-refractivity contribution in [3.63, 3.8) is 0 Å². The highest BCUT2D eigenvalue weighted by Gasteiger charge is 2.08. The molecule has 0 atom stereocenters. The van der Waals surface area contributed by atoms with E-state index in [9.17, 15) is 4.79 Å². The van der Waals surface area contributed by atoms with Gasteiger partial charge >= 0.3 is 0 Å². The lowest BCUT2D eigenvalue weighted by Gasteiger charge is -2.11. The van der Waals surface area contributed by atoms with Crippen molar-refractivity contribution in [3.05, 3.63) is 41.9 Å².